The fraction of sp³-hybridized carbons (Fsp3) is 0.214. The molecule has 2 aromatic rings. The van der Waals surface area contributed by atoms with Crippen molar-refractivity contribution in [3.63, 3.8) is 0 Å². The van der Waals surface area contributed by atoms with E-state index in [0.717, 1.165) is 11.1 Å². The Morgan fingerprint density at radius 3 is 2.76 bits per heavy atom. The highest BCUT2D eigenvalue weighted by atomic mass is 16.5. The average molecular weight is 228 g/mol. The molecule has 0 unspecified atom stereocenters. The minimum absolute atomic E-state index is 0.499. The van der Waals surface area contributed by atoms with Crippen LogP contribution in [0.25, 0.3) is 11.1 Å². The molecule has 17 heavy (non-hydrogen) atoms. The quantitative estimate of drug-likeness (QED) is 0.737. The molecule has 0 aliphatic heterocycles. The zero-order valence-corrected chi connectivity index (χ0v) is 9.72. The third-order valence-electron chi connectivity index (χ3n) is 2.33. The molecule has 1 radical (unpaired) electrons. The molecule has 1 aromatic carbocycles. The predicted octanol–water partition coefficient (Wildman–Crippen LogP) is 2.57. The minimum Gasteiger partial charge on any atom is -0.475 e. The molecule has 0 amide bonds. The van der Waals surface area contributed by atoms with Gasteiger partial charge in [-0.3, -0.25) is 0 Å². The summed E-state index contributed by atoms with van der Waals surface area (Å²) in [5.41, 5.74) is 2.06. The normalized spacial score (nSPS) is 10.2. The molecule has 3 heteroatoms. The summed E-state index contributed by atoms with van der Waals surface area (Å²) in [6.07, 6.45) is 1.72. The number of hydrogen-bond acceptors (Lipinski definition) is 3. The number of methoxy groups -OCH3 is 1. The largest absolute Gasteiger partial charge is 0.475 e. The van der Waals surface area contributed by atoms with E-state index in [9.17, 15) is 0 Å². The molecule has 0 aliphatic rings. The second kappa shape index (κ2) is 6.01. The van der Waals surface area contributed by atoms with Gasteiger partial charge in [-0.2, -0.15) is 0 Å². The van der Waals surface area contributed by atoms with Crippen molar-refractivity contribution in [2.75, 3.05) is 20.3 Å². The van der Waals surface area contributed by atoms with Crippen molar-refractivity contribution >= 4 is 0 Å². The molecule has 3 nitrogen and oxygen atoms in total. The lowest BCUT2D eigenvalue weighted by Crippen LogP contribution is -2.06. The van der Waals surface area contributed by atoms with E-state index in [0.29, 0.717) is 19.1 Å². The Bertz CT molecular complexity index is 457. The number of nitrogens with zero attached hydrogens (tertiary/aromatic N) is 1. The summed E-state index contributed by atoms with van der Waals surface area (Å²) in [4.78, 5) is 4.24. The molecule has 0 bridgehead atoms. The number of hydrogen-bond donors (Lipinski definition) is 0. The van der Waals surface area contributed by atoms with Crippen LogP contribution >= 0.6 is 0 Å². The molecule has 1 aromatic heterocycles. The van der Waals surface area contributed by atoms with Gasteiger partial charge in [-0.05, 0) is 23.8 Å². The van der Waals surface area contributed by atoms with E-state index in [1.54, 1.807) is 13.3 Å². The lowest BCUT2D eigenvalue weighted by Gasteiger charge is -2.09. The highest BCUT2D eigenvalue weighted by Gasteiger charge is 2.06. The number of pyridine rings is 1. The first-order chi connectivity index (χ1) is 8.42. The maximum Gasteiger partial charge on any atom is 0.221 e. The van der Waals surface area contributed by atoms with E-state index in [1.165, 1.54) is 0 Å². The highest BCUT2D eigenvalue weighted by molar-refractivity contribution is 5.68. The van der Waals surface area contributed by atoms with Crippen LogP contribution in [0.1, 0.15) is 0 Å². The zero-order chi connectivity index (χ0) is 11.9. The Balaban J connectivity index is 2.22. The first kappa shape index (κ1) is 11.6. The Kier molecular flexibility index (Phi) is 4.11. The van der Waals surface area contributed by atoms with Crippen molar-refractivity contribution in [3.05, 3.63) is 48.7 Å². The summed E-state index contributed by atoms with van der Waals surface area (Å²) in [6, 6.07) is 14.6. The Labute approximate surface area is 101 Å². The van der Waals surface area contributed by atoms with E-state index < -0.39 is 0 Å². The van der Waals surface area contributed by atoms with Crippen LogP contribution in [0.2, 0.25) is 0 Å². The Morgan fingerprint density at radius 1 is 1.18 bits per heavy atom. The second-order valence-corrected chi connectivity index (χ2v) is 3.49. The van der Waals surface area contributed by atoms with Crippen LogP contribution in [0.3, 0.4) is 0 Å². The molecule has 0 spiro atoms. The van der Waals surface area contributed by atoms with Gasteiger partial charge in [0, 0.05) is 18.9 Å². The molecule has 0 N–H and O–H groups in total. The van der Waals surface area contributed by atoms with Gasteiger partial charge >= 0.3 is 0 Å². The molecule has 0 saturated carbocycles. The van der Waals surface area contributed by atoms with Gasteiger partial charge in [-0.25, -0.2) is 4.98 Å². The summed E-state index contributed by atoms with van der Waals surface area (Å²) in [5, 5.41) is 0. The van der Waals surface area contributed by atoms with Gasteiger partial charge in [0.1, 0.15) is 6.61 Å². The third-order valence-corrected chi connectivity index (χ3v) is 2.33. The van der Waals surface area contributed by atoms with Crippen molar-refractivity contribution in [1.82, 2.24) is 4.98 Å². The summed E-state index contributed by atoms with van der Waals surface area (Å²) in [6.45, 7) is 1.05. The van der Waals surface area contributed by atoms with Crippen LogP contribution in [0.5, 0.6) is 5.88 Å². The molecular formula is C14H14NO2. The van der Waals surface area contributed by atoms with E-state index in [-0.39, 0.29) is 0 Å². The second-order valence-electron chi connectivity index (χ2n) is 3.49. The van der Waals surface area contributed by atoms with Gasteiger partial charge in [0.2, 0.25) is 5.88 Å². The third kappa shape index (κ3) is 3.04. The number of ether oxygens (including phenoxy) is 2. The Hall–Kier alpha value is -1.87. The zero-order valence-electron chi connectivity index (χ0n) is 9.72. The van der Waals surface area contributed by atoms with E-state index >= 15 is 0 Å². The average Bonchev–Trinajstić information content (AvgIpc) is 2.41. The number of aromatic nitrogens is 1. The van der Waals surface area contributed by atoms with Gasteiger partial charge in [0.15, 0.2) is 0 Å². The number of benzene rings is 1. The molecule has 0 aliphatic carbocycles. The van der Waals surface area contributed by atoms with Crippen LogP contribution < -0.4 is 4.74 Å². The van der Waals surface area contributed by atoms with Crippen LogP contribution in [0, 0.1) is 6.07 Å². The van der Waals surface area contributed by atoms with Gasteiger partial charge in [-0.15, -0.1) is 0 Å². The van der Waals surface area contributed by atoms with Crippen LogP contribution in [0.4, 0.5) is 0 Å². The molecule has 87 valence electrons. The first-order valence-electron chi connectivity index (χ1n) is 5.45. The summed E-state index contributed by atoms with van der Waals surface area (Å²) < 4.78 is 10.5. The smallest absolute Gasteiger partial charge is 0.221 e. The van der Waals surface area contributed by atoms with Crippen LogP contribution in [-0.2, 0) is 4.74 Å². The first-order valence-corrected chi connectivity index (χ1v) is 5.45. The van der Waals surface area contributed by atoms with E-state index in [2.05, 4.69) is 11.1 Å². The monoisotopic (exact) mass is 228 g/mol. The summed E-state index contributed by atoms with van der Waals surface area (Å²) in [5.74, 6) is 0.635. The predicted molar refractivity (Wildman–Crippen MR) is 65.9 cm³/mol. The van der Waals surface area contributed by atoms with Crippen molar-refractivity contribution in [2.45, 2.75) is 0 Å². The molecular weight excluding hydrogens is 214 g/mol. The van der Waals surface area contributed by atoms with E-state index in [4.69, 9.17) is 9.47 Å². The van der Waals surface area contributed by atoms with Crippen LogP contribution in [-0.4, -0.2) is 25.3 Å². The van der Waals surface area contributed by atoms with Gasteiger partial charge in [-0.1, -0.05) is 24.3 Å². The number of rotatable bonds is 5. The van der Waals surface area contributed by atoms with Gasteiger partial charge < -0.3 is 9.47 Å². The van der Waals surface area contributed by atoms with Gasteiger partial charge in [0.25, 0.3) is 0 Å². The lowest BCUT2D eigenvalue weighted by atomic mass is 10.1. The molecule has 1 heterocycles. The fourth-order valence-electron chi connectivity index (χ4n) is 1.51. The van der Waals surface area contributed by atoms with Crippen molar-refractivity contribution in [2.24, 2.45) is 0 Å². The highest BCUT2D eigenvalue weighted by Crippen LogP contribution is 2.27. The van der Waals surface area contributed by atoms with Crippen LogP contribution in [0.15, 0.2) is 42.6 Å². The van der Waals surface area contributed by atoms with Gasteiger partial charge in [0.05, 0.1) is 6.61 Å². The fourth-order valence-corrected chi connectivity index (χ4v) is 1.51. The van der Waals surface area contributed by atoms with Crippen molar-refractivity contribution in [1.29, 1.82) is 0 Å². The van der Waals surface area contributed by atoms with Crippen molar-refractivity contribution < 1.29 is 9.47 Å². The molecule has 0 saturated heterocycles. The van der Waals surface area contributed by atoms with Crippen molar-refractivity contribution in [3.8, 4) is 17.0 Å². The summed E-state index contributed by atoms with van der Waals surface area (Å²) in [7, 11) is 1.65. The topological polar surface area (TPSA) is 31.4 Å². The lowest BCUT2D eigenvalue weighted by molar-refractivity contribution is 0.144. The standard InChI is InChI=1S/C14H14NO2/c1-16-10-11-17-14-13(8-5-9-15-14)12-6-3-2-4-7-12/h3-9H,10-11H2,1H3. The molecule has 2 rings (SSSR count). The summed E-state index contributed by atoms with van der Waals surface area (Å²) >= 11 is 0. The Morgan fingerprint density at radius 2 is 2.00 bits per heavy atom. The molecule has 0 fully saturated rings. The molecule has 0 atom stereocenters. The maximum absolute atomic E-state index is 5.59. The van der Waals surface area contributed by atoms with E-state index in [1.807, 2.05) is 36.4 Å². The minimum atomic E-state index is 0.499. The maximum atomic E-state index is 5.59. The SMILES string of the molecule is COCCOc1ncccc1-c1cc[c]cc1.